The number of alkyl halides is 3. The molecule has 0 saturated carbocycles. The Morgan fingerprint density at radius 2 is 1.63 bits per heavy atom. The van der Waals surface area contributed by atoms with E-state index < -0.39 is 23.4 Å². The average molecular weight is 526 g/mol. The van der Waals surface area contributed by atoms with E-state index >= 15 is 0 Å². The average Bonchev–Trinajstić information content (AvgIpc) is 3.21. The van der Waals surface area contributed by atoms with Gasteiger partial charge in [0.1, 0.15) is 18.2 Å². The van der Waals surface area contributed by atoms with Crippen LogP contribution in [0.4, 0.5) is 13.2 Å². The molecule has 1 aromatic heterocycles. The molecule has 0 unspecified atom stereocenters. The summed E-state index contributed by atoms with van der Waals surface area (Å²) in [6.45, 7) is 2.37. The molecule has 10 heteroatoms. The first kappa shape index (κ1) is 26.7. The van der Waals surface area contributed by atoms with Crippen molar-refractivity contribution in [1.29, 1.82) is 0 Å². The lowest BCUT2D eigenvalue weighted by Gasteiger charge is -2.11. The molecule has 0 spiro atoms. The molecule has 7 nitrogen and oxygen atoms in total. The molecule has 0 aliphatic carbocycles. The largest absolute Gasteiger partial charge is 0.489 e. The van der Waals surface area contributed by atoms with Crippen molar-refractivity contribution in [1.82, 2.24) is 14.3 Å². The molecule has 0 radical (unpaired) electrons. The standard InChI is InChI=1S/C28H26F3N3O4/c1-2-3-8-25-32-34(24-7-5-4-6-23(24)28(29,30)31)27(37)33(25)17-19-11-15-22(16-12-19)38-18-20-9-13-21(14-10-20)26(35)36/h4-7,9-16H,2-3,8,17-18H2,1H3,(H,35,36). The number of aromatic carboxylic acids is 1. The number of para-hydroxylation sites is 1. The number of rotatable bonds is 10. The van der Waals surface area contributed by atoms with Crippen molar-refractivity contribution in [2.24, 2.45) is 0 Å². The van der Waals surface area contributed by atoms with Gasteiger partial charge in [0, 0.05) is 6.42 Å². The Kier molecular flexibility index (Phi) is 7.99. The summed E-state index contributed by atoms with van der Waals surface area (Å²) in [4.78, 5) is 24.2. The number of aryl methyl sites for hydroxylation is 1. The molecule has 4 aromatic rings. The van der Waals surface area contributed by atoms with Crippen LogP contribution in [-0.2, 0) is 25.7 Å². The summed E-state index contributed by atoms with van der Waals surface area (Å²) < 4.78 is 48.8. The summed E-state index contributed by atoms with van der Waals surface area (Å²) in [7, 11) is 0. The van der Waals surface area contributed by atoms with E-state index in [0.29, 0.717) is 18.0 Å². The molecule has 38 heavy (non-hydrogen) atoms. The fraction of sp³-hybridized carbons (Fsp3) is 0.250. The lowest BCUT2D eigenvalue weighted by atomic mass is 10.1. The summed E-state index contributed by atoms with van der Waals surface area (Å²) >= 11 is 0. The van der Waals surface area contributed by atoms with Gasteiger partial charge in [0.15, 0.2) is 0 Å². The number of carboxylic acid groups (broad SMARTS) is 1. The molecule has 4 rings (SSSR count). The summed E-state index contributed by atoms with van der Waals surface area (Å²) in [5.41, 5.74) is -0.117. The van der Waals surface area contributed by atoms with Crippen LogP contribution in [0.3, 0.4) is 0 Å². The Morgan fingerprint density at radius 3 is 2.26 bits per heavy atom. The van der Waals surface area contributed by atoms with Gasteiger partial charge >= 0.3 is 17.8 Å². The molecule has 3 aromatic carbocycles. The fourth-order valence-electron chi connectivity index (χ4n) is 3.95. The highest BCUT2D eigenvalue weighted by Crippen LogP contribution is 2.33. The number of ether oxygens (including phenoxy) is 1. The van der Waals surface area contributed by atoms with Gasteiger partial charge < -0.3 is 9.84 Å². The second kappa shape index (κ2) is 11.4. The summed E-state index contributed by atoms with van der Waals surface area (Å²) in [6.07, 6.45) is -2.60. The molecule has 0 atom stereocenters. The molecular formula is C28H26F3N3O4. The van der Waals surface area contributed by atoms with Crippen LogP contribution < -0.4 is 10.4 Å². The van der Waals surface area contributed by atoms with Gasteiger partial charge in [-0.05, 0) is 53.9 Å². The number of unbranched alkanes of at least 4 members (excludes halogenated alkanes) is 1. The van der Waals surface area contributed by atoms with Crippen LogP contribution in [0.1, 0.15) is 52.6 Å². The fourth-order valence-corrected chi connectivity index (χ4v) is 3.95. The van der Waals surface area contributed by atoms with Crippen molar-refractivity contribution in [3.8, 4) is 11.4 Å². The Labute approximate surface area is 216 Å². The molecule has 0 aliphatic rings. The van der Waals surface area contributed by atoms with E-state index in [1.165, 1.54) is 34.9 Å². The van der Waals surface area contributed by atoms with Gasteiger partial charge in [0.2, 0.25) is 0 Å². The summed E-state index contributed by atoms with van der Waals surface area (Å²) in [5, 5.41) is 13.3. The van der Waals surface area contributed by atoms with Gasteiger partial charge in [-0.3, -0.25) is 4.57 Å². The third-order valence-corrected chi connectivity index (χ3v) is 6.00. The van der Waals surface area contributed by atoms with Gasteiger partial charge in [0.05, 0.1) is 23.4 Å². The van der Waals surface area contributed by atoms with Crippen LogP contribution in [0.5, 0.6) is 5.75 Å². The van der Waals surface area contributed by atoms with E-state index in [1.54, 1.807) is 36.4 Å². The minimum absolute atomic E-state index is 0.142. The lowest BCUT2D eigenvalue weighted by molar-refractivity contribution is -0.137. The maximum Gasteiger partial charge on any atom is 0.418 e. The first-order valence-corrected chi connectivity index (χ1v) is 12.1. The number of halogens is 3. The number of carboxylic acids is 1. The molecular weight excluding hydrogens is 499 g/mol. The minimum Gasteiger partial charge on any atom is -0.489 e. The van der Waals surface area contributed by atoms with Crippen molar-refractivity contribution < 1.29 is 27.8 Å². The van der Waals surface area contributed by atoms with Gasteiger partial charge in [-0.1, -0.05) is 49.7 Å². The normalized spacial score (nSPS) is 11.5. The number of benzene rings is 3. The Hall–Kier alpha value is -4.34. The third-order valence-electron chi connectivity index (χ3n) is 6.00. The molecule has 0 amide bonds. The summed E-state index contributed by atoms with van der Waals surface area (Å²) in [5.74, 6) is -0.0107. The quantitative estimate of drug-likeness (QED) is 0.286. The van der Waals surface area contributed by atoms with Crippen molar-refractivity contribution in [3.63, 3.8) is 0 Å². The second-order valence-corrected chi connectivity index (χ2v) is 8.75. The molecule has 1 N–H and O–H groups in total. The molecule has 0 saturated heterocycles. The zero-order valence-corrected chi connectivity index (χ0v) is 20.6. The van der Waals surface area contributed by atoms with Crippen molar-refractivity contribution in [3.05, 3.63) is 111 Å². The van der Waals surface area contributed by atoms with Crippen LogP contribution in [0, 0.1) is 0 Å². The first-order valence-electron chi connectivity index (χ1n) is 12.1. The van der Waals surface area contributed by atoms with Gasteiger partial charge in [-0.25, -0.2) is 9.59 Å². The van der Waals surface area contributed by atoms with Crippen LogP contribution in [0.15, 0.2) is 77.6 Å². The van der Waals surface area contributed by atoms with E-state index in [-0.39, 0.29) is 24.4 Å². The van der Waals surface area contributed by atoms with Crippen molar-refractivity contribution in [2.45, 2.75) is 45.5 Å². The van der Waals surface area contributed by atoms with E-state index in [4.69, 9.17) is 9.84 Å². The maximum absolute atomic E-state index is 13.6. The Balaban J connectivity index is 1.55. The minimum atomic E-state index is -4.63. The van der Waals surface area contributed by atoms with Gasteiger partial charge in [-0.15, -0.1) is 5.10 Å². The van der Waals surface area contributed by atoms with Gasteiger partial charge in [0.25, 0.3) is 0 Å². The molecule has 1 heterocycles. The smallest absolute Gasteiger partial charge is 0.418 e. The lowest BCUT2D eigenvalue weighted by Crippen LogP contribution is -2.26. The predicted octanol–water partition coefficient (Wildman–Crippen LogP) is 5.72. The molecule has 0 aliphatic heterocycles. The first-order chi connectivity index (χ1) is 18.2. The van der Waals surface area contributed by atoms with Crippen LogP contribution >= 0.6 is 0 Å². The van der Waals surface area contributed by atoms with Crippen molar-refractivity contribution in [2.75, 3.05) is 0 Å². The predicted molar refractivity (Wildman–Crippen MR) is 135 cm³/mol. The van der Waals surface area contributed by atoms with Gasteiger partial charge in [-0.2, -0.15) is 17.9 Å². The van der Waals surface area contributed by atoms with E-state index in [2.05, 4.69) is 5.10 Å². The number of hydrogen-bond donors (Lipinski definition) is 1. The Morgan fingerprint density at radius 1 is 0.974 bits per heavy atom. The SMILES string of the molecule is CCCCc1nn(-c2ccccc2C(F)(F)F)c(=O)n1Cc1ccc(OCc2ccc(C(=O)O)cc2)cc1. The van der Waals surface area contributed by atoms with Crippen molar-refractivity contribution >= 4 is 5.97 Å². The highest BCUT2D eigenvalue weighted by atomic mass is 19.4. The molecule has 0 fully saturated rings. The molecule has 198 valence electrons. The van der Waals surface area contributed by atoms with Crippen LogP contribution in [0.25, 0.3) is 5.69 Å². The highest BCUT2D eigenvalue weighted by molar-refractivity contribution is 5.87. The number of carbonyl (C=O) groups is 1. The van der Waals surface area contributed by atoms with E-state index in [9.17, 15) is 22.8 Å². The number of hydrogen-bond acceptors (Lipinski definition) is 4. The van der Waals surface area contributed by atoms with Crippen LogP contribution in [0.2, 0.25) is 0 Å². The maximum atomic E-state index is 13.6. The Bertz CT molecular complexity index is 1460. The highest BCUT2D eigenvalue weighted by Gasteiger charge is 2.34. The zero-order valence-electron chi connectivity index (χ0n) is 20.6. The zero-order chi connectivity index (χ0) is 27.3. The number of aromatic nitrogens is 3. The van der Waals surface area contributed by atoms with E-state index in [1.807, 2.05) is 6.92 Å². The third kappa shape index (κ3) is 6.13. The monoisotopic (exact) mass is 525 g/mol. The second-order valence-electron chi connectivity index (χ2n) is 8.75. The number of nitrogens with zero attached hydrogens (tertiary/aromatic N) is 3. The molecule has 0 bridgehead atoms. The topological polar surface area (TPSA) is 86.4 Å². The summed E-state index contributed by atoms with van der Waals surface area (Å²) in [6, 6.07) is 18.3. The van der Waals surface area contributed by atoms with E-state index in [0.717, 1.165) is 34.7 Å². The van der Waals surface area contributed by atoms with Crippen LogP contribution in [-0.4, -0.2) is 25.4 Å².